The zero-order chi connectivity index (χ0) is 12.8. The molecule has 2 aromatic rings. The minimum Gasteiger partial charge on any atom is -0.321 e. The zero-order valence-electron chi connectivity index (χ0n) is 11.1. The summed E-state index contributed by atoms with van der Waals surface area (Å²) in [7, 11) is 0. The van der Waals surface area contributed by atoms with Crippen molar-refractivity contribution in [3.8, 4) is 0 Å². The van der Waals surface area contributed by atoms with Gasteiger partial charge in [0.1, 0.15) is 0 Å². The van der Waals surface area contributed by atoms with Crippen LogP contribution in [0.5, 0.6) is 0 Å². The molecule has 1 aromatic heterocycles. The zero-order valence-corrected chi connectivity index (χ0v) is 11.1. The third kappa shape index (κ3) is 1.49. The third-order valence-electron chi connectivity index (χ3n) is 4.74. The first kappa shape index (κ1) is 11.7. The SMILES string of the molecule is CC1(C)CCCC1(N)c1cccc2ccncc12. The van der Waals surface area contributed by atoms with Crippen molar-refractivity contribution < 1.29 is 0 Å². The standard InChI is InChI=1S/C16H20N2/c1-15(2)8-4-9-16(15,17)14-6-3-5-12-7-10-18-11-13(12)14/h3,5-7,10-11H,4,8-9,17H2,1-2H3. The normalized spacial score (nSPS) is 26.6. The van der Waals surface area contributed by atoms with E-state index >= 15 is 0 Å². The molecule has 0 aliphatic heterocycles. The molecule has 1 aliphatic rings. The van der Waals surface area contributed by atoms with Gasteiger partial charge in [-0.05, 0) is 35.3 Å². The van der Waals surface area contributed by atoms with Crippen LogP contribution in [-0.2, 0) is 5.54 Å². The van der Waals surface area contributed by atoms with Gasteiger partial charge in [0.2, 0.25) is 0 Å². The molecule has 2 N–H and O–H groups in total. The smallest absolute Gasteiger partial charge is 0.0468 e. The first-order valence-electron chi connectivity index (χ1n) is 6.67. The fourth-order valence-electron chi connectivity index (χ4n) is 3.37. The highest BCUT2D eigenvalue weighted by molar-refractivity contribution is 5.85. The monoisotopic (exact) mass is 240 g/mol. The minimum atomic E-state index is -0.227. The highest BCUT2D eigenvalue weighted by atomic mass is 14.8. The molecule has 3 rings (SSSR count). The van der Waals surface area contributed by atoms with Crippen LogP contribution in [0.15, 0.2) is 36.7 Å². The Labute approximate surface area is 108 Å². The predicted molar refractivity (Wildman–Crippen MR) is 75.2 cm³/mol. The Kier molecular flexibility index (Phi) is 2.46. The maximum absolute atomic E-state index is 6.80. The molecule has 1 atom stereocenters. The summed E-state index contributed by atoms with van der Waals surface area (Å²) in [5.74, 6) is 0. The topological polar surface area (TPSA) is 38.9 Å². The molecule has 1 heterocycles. The van der Waals surface area contributed by atoms with Gasteiger partial charge in [-0.1, -0.05) is 38.5 Å². The van der Waals surface area contributed by atoms with Crippen LogP contribution in [0.25, 0.3) is 10.8 Å². The largest absolute Gasteiger partial charge is 0.321 e. The van der Waals surface area contributed by atoms with Crippen LogP contribution in [0.4, 0.5) is 0 Å². The maximum Gasteiger partial charge on any atom is 0.0468 e. The van der Waals surface area contributed by atoms with E-state index in [9.17, 15) is 0 Å². The van der Waals surface area contributed by atoms with Gasteiger partial charge in [0.15, 0.2) is 0 Å². The summed E-state index contributed by atoms with van der Waals surface area (Å²) >= 11 is 0. The number of nitrogens with zero attached hydrogens (tertiary/aromatic N) is 1. The number of benzene rings is 1. The summed E-state index contributed by atoms with van der Waals surface area (Å²) in [6.07, 6.45) is 7.26. The van der Waals surface area contributed by atoms with Crippen LogP contribution in [0.1, 0.15) is 38.7 Å². The molecule has 0 saturated heterocycles. The Bertz CT molecular complexity index is 583. The van der Waals surface area contributed by atoms with Gasteiger partial charge in [0.25, 0.3) is 0 Å². The third-order valence-corrected chi connectivity index (χ3v) is 4.74. The lowest BCUT2D eigenvalue weighted by Crippen LogP contribution is -2.45. The van der Waals surface area contributed by atoms with Crippen LogP contribution < -0.4 is 5.73 Å². The molecular formula is C16H20N2. The van der Waals surface area contributed by atoms with E-state index in [1.807, 2.05) is 12.4 Å². The van der Waals surface area contributed by atoms with E-state index in [0.717, 1.165) is 6.42 Å². The van der Waals surface area contributed by atoms with E-state index in [4.69, 9.17) is 5.73 Å². The summed E-state index contributed by atoms with van der Waals surface area (Å²) in [5, 5.41) is 2.44. The summed E-state index contributed by atoms with van der Waals surface area (Å²) in [6.45, 7) is 4.57. The average molecular weight is 240 g/mol. The van der Waals surface area contributed by atoms with Crippen molar-refractivity contribution in [3.63, 3.8) is 0 Å². The van der Waals surface area contributed by atoms with Crippen molar-refractivity contribution in [1.29, 1.82) is 0 Å². The van der Waals surface area contributed by atoms with Crippen LogP contribution in [0.3, 0.4) is 0 Å². The number of rotatable bonds is 1. The Balaban J connectivity index is 2.26. The second-order valence-corrected chi connectivity index (χ2v) is 6.11. The molecular weight excluding hydrogens is 220 g/mol. The van der Waals surface area contributed by atoms with E-state index in [0.29, 0.717) is 0 Å². The molecule has 18 heavy (non-hydrogen) atoms. The summed E-state index contributed by atoms with van der Waals surface area (Å²) in [5.41, 5.74) is 7.98. The minimum absolute atomic E-state index is 0.150. The number of nitrogens with two attached hydrogens (primary N) is 1. The van der Waals surface area contributed by atoms with E-state index in [1.165, 1.54) is 29.2 Å². The van der Waals surface area contributed by atoms with Crippen LogP contribution >= 0.6 is 0 Å². The maximum atomic E-state index is 6.80. The van der Waals surface area contributed by atoms with Crippen molar-refractivity contribution in [1.82, 2.24) is 4.98 Å². The molecule has 0 radical (unpaired) electrons. The lowest BCUT2D eigenvalue weighted by molar-refractivity contribution is 0.212. The van der Waals surface area contributed by atoms with Crippen molar-refractivity contribution in [2.24, 2.45) is 11.1 Å². The van der Waals surface area contributed by atoms with E-state index in [1.54, 1.807) is 0 Å². The molecule has 94 valence electrons. The number of pyridine rings is 1. The molecule has 1 aromatic carbocycles. The molecule has 0 spiro atoms. The predicted octanol–water partition coefficient (Wildman–Crippen LogP) is 3.60. The quantitative estimate of drug-likeness (QED) is 0.827. The molecule has 1 saturated carbocycles. The number of hydrogen-bond donors (Lipinski definition) is 1. The molecule has 0 bridgehead atoms. The van der Waals surface area contributed by atoms with Gasteiger partial charge < -0.3 is 5.73 Å². The molecule has 0 amide bonds. The average Bonchev–Trinajstić information content (AvgIpc) is 2.64. The second-order valence-electron chi connectivity index (χ2n) is 6.11. The fraction of sp³-hybridized carbons (Fsp3) is 0.438. The van der Waals surface area contributed by atoms with Crippen molar-refractivity contribution in [3.05, 3.63) is 42.2 Å². The van der Waals surface area contributed by atoms with Crippen molar-refractivity contribution in [2.45, 2.75) is 38.6 Å². The molecule has 1 fully saturated rings. The first-order chi connectivity index (χ1) is 8.55. The van der Waals surface area contributed by atoms with Gasteiger partial charge in [-0.25, -0.2) is 0 Å². The summed E-state index contributed by atoms with van der Waals surface area (Å²) < 4.78 is 0. The van der Waals surface area contributed by atoms with Gasteiger partial charge in [-0.2, -0.15) is 0 Å². The molecule has 2 nitrogen and oxygen atoms in total. The van der Waals surface area contributed by atoms with Crippen LogP contribution in [0, 0.1) is 5.41 Å². The summed E-state index contributed by atoms with van der Waals surface area (Å²) in [4.78, 5) is 4.27. The fourth-order valence-corrected chi connectivity index (χ4v) is 3.37. The molecule has 1 aliphatic carbocycles. The Morgan fingerprint density at radius 1 is 1.17 bits per heavy atom. The van der Waals surface area contributed by atoms with Gasteiger partial charge in [-0.3, -0.25) is 4.98 Å². The van der Waals surface area contributed by atoms with E-state index in [2.05, 4.69) is 43.1 Å². The van der Waals surface area contributed by atoms with Crippen LogP contribution in [-0.4, -0.2) is 4.98 Å². The molecule has 1 unspecified atom stereocenters. The van der Waals surface area contributed by atoms with Crippen molar-refractivity contribution in [2.75, 3.05) is 0 Å². The van der Waals surface area contributed by atoms with E-state index in [-0.39, 0.29) is 11.0 Å². The Hall–Kier alpha value is -1.41. The molecule has 2 heteroatoms. The van der Waals surface area contributed by atoms with Crippen molar-refractivity contribution >= 4 is 10.8 Å². The van der Waals surface area contributed by atoms with Gasteiger partial charge >= 0.3 is 0 Å². The highest BCUT2D eigenvalue weighted by Crippen LogP contribution is 2.51. The number of aromatic nitrogens is 1. The van der Waals surface area contributed by atoms with Crippen LogP contribution in [0.2, 0.25) is 0 Å². The van der Waals surface area contributed by atoms with E-state index < -0.39 is 0 Å². The Morgan fingerprint density at radius 2 is 2.00 bits per heavy atom. The highest BCUT2D eigenvalue weighted by Gasteiger charge is 2.47. The van der Waals surface area contributed by atoms with Gasteiger partial charge in [0.05, 0.1) is 0 Å². The van der Waals surface area contributed by atoms with Gasteiger partial charge in [-0.15, -0.1) is 0 Å². The van der Waals surface area contributed by atoms with Gasteiger partial charge in [0, 0.05) is 23.3 Å². The summed E-state index contributed by atoms with van der Waals surface area (Å²) in [6, 6.07) is 8.48. The lowest BCUT2D eigenvalue weighted by Gasteiger charge is -2.39. The second kappa shape index (κ2) is 3.79. The number of fused-ring (bicyclic) bond motifs is 1. The first-order valence-corrected chi connectivity index (χ1v) is 6.67. The Morgan fingerprint density at radius 3 is 2.72 bits per heavy atom. The number of hydrogen-bond acceptors (Lipinski definition) is 2. The lowest BCUT2D eigenvalue weighted by atomic mass is 9.70.